The summed E-state index contributed by atoms with van der Waals surface area (Å²) in [6.07, 6.45) is 1.56. The van der Waals surface area contributed by atoms with Gasteiger partial charge >= 0.3 is 11.9 Å². The van der Waals surface area contributed by atoms with Crippen LogP contribution in [0.4, 0.5) is 0 Å². The van der Waals surface area contributed by atoms with E-state index in [-0.39, 0.29) is 12.1 Å². The van der Waals surface area contributed by atoms with Gasteiger partial charge in [0.25, 0.3) is 0 Å². The SMILES string of the molecule is CCCc1cc(C(=O)O)nn1-c1ccc(CC(=O)O)cc1. The lowest BCUT2D eigenvalue weighted by molar-refractivity contribution is -0.136. The molecule has 6 heteroatoms. The van der Waals surface area contributed by atoms with E-state index in [1.807, 2.05) is 6.92 Å². The lowest BCUT2D eigenvalue weighted by atomic mass is 10.1. The summed E-state index contributed by atoms with van der Waals surface area (Å²) in [5.74, 6) is -1.95. The normalized spacial score (nSPS) is 10.5. The summed E-state index contributed by atoms with van der Waals surface area (Å²) < 4.78 is 1.59. The summed E-state index contributed by atoms with van der Waals surface area (Å²) in [4.78, 5) is 21.7. The topological polar surface area (TPSA) is 92.4 Å². The van der Waals surface area contributed by atoms with E-state index < -0.39 is 11.9 Å². The number of rotatable bonds is 6. The Morgan fingerprint density at radius 2 is 1.86 bits per heavy atom. The quantitative estimate of drug-likeness (QED) is 0.849. The van der Waals surface area contributed by atoms with E-state index in [1.54, 1.807) is 35.0 Å². The van der Waals surface area contributed by atoms with Crippen LogP contribution >= 0.6 is 0 Å². The monoisotopic (exact) mass is 288 g/mol. The largest absolute Gasteiger partial charge is 0.481 e. The molecule has 0 aliphatic rings. The van der Waals surface area contributed by atoms with E-state index in [9.17, 15) is 9.59 Å². The third-order valence-electron chi connectivity index (χ3n) is 3.04. The fourth-order valence-electron chi connectivity index (χ4n) is 2.11. The number of hydrogen-bond donors (Lipinski definition) is 2. The molecule has 21 heavy (non-hydrogen) atoms. The second-order valence-corrected chi connectivity index (χ2v) is 4.72. The number of benzene rings is 1. The highest BCUT2D eigenvalue weighted by Crippen LogP contribution is 2.16. The van der Waals surface area contributed by atoms with Crippen LogP contribution in [0.15, 0.2) is 30.3 Å². The average molecular weight is 288 g/mol. The number of nitrogens with zero attached hydrogens (tertiary/aromatic N) is 2. The molecule has 0 spiro atoms. The van der Waals surface area contributed by atoms with Gasteiger partial charge in [0.1, 0.15) is 0 Å². The van der Waals surface area contributed by atoms with E-state index in [2.05, 4.69) is 5.10 Å². The van der Waals surface area contributed by atoms with Crippen molar-refractivity contribution in [2.24, 2.45) is 0 Å². The van der Waals surface area contributed by atoms with E-state index in [0.717, 1.165) is 24.2 Å². The molecule has 1 aromatic carbocycles. The molecule has 2 aromatic rings. The molecular weight excluding hydrogens is 272 g/mol. The number of carboxylic acid groups (broad SMARTS) is 2. The first-order valence-electron chi connectivity index (χ1n) is 6.64. The highest BCUT2D eigenvalue weighted by Gasteiger charge is 2.14. The van der Waals surface area contributed by atoms with Crippen molar-refractivity contribution < 1.29 is 19.8 Å². The molecule has 0 unspecified atom stereocenters. The third kappa shape index (κ3) is 3.47. The Hall–Kier alpha value is -2.63. The van der Waals surface area contributed by atoms with Crippen molar-refractivity contribution in [3.63, 3.8) is 0 Å². The van der Waals surface area contributed by atoms with Crippen LogP contribution in [0.25, 0.3) is 5.69 Å². The van der Waals surface area contributed by atoms with Crippen LogP contribution in [0.5, 0.6) is 0 Å². The van der Waals surface area contributed by atoms with E-state index >= 15 is 0 Å². The molecule has 0 saturated heterocycles. The Balaban J connectivity index is 2.35. The van der Waals surface area contributed by atoms with Gasteiger partial charge in [-0.1, -0.05) is 25.5 Å². The van der Waals surface area contributed by atoms with E-state index in [4.69, 9.17) is 10.2 Å². The van der Waals surface area contributed by atoms with Crippen LogP contribution in [0.1, 0.15) is 35.1 Å². The molecule has 2 N–H and O–H groups in total. The zero-order chi connectivity index (χ0) is 15.4. The van der Waals surface area contributed by atoms with Crippen molar-refractivity contribution in [2.45, 2.75) is 26.2 Å². The van der Waals surface area contributed by atoms with Gasteiger partial charge in [0.2, 0.25) is 0 Å². The van der Waals surface area contributed by atoms with Crippen LogP contribution in [-0.4, -0.2) is 31.9 Å². The van der Waals surface area contributed by atoms with Crippen LogP contribution < -0.4 is 0 Å². The standard InChI is InChI=1S/C15H16N2O4/c1-2-3-12-9-13(15(20)21)16-17(12)11-6-4-10(5-7-11)8-14(18)19/h4-7,9H,2-3,8H2,1H3,(H,18,19)(H,20,21). The van der Waals surface area contributed by atoms with Crippen molar-refractivity contribution in [3.05, 3.63) is 47.3 Å². The first-order valence-corrected chi connectivity index (χ1v) is 6.64. The first-order chi connectivity index (χ1) is 10.0. The summed E-state index contributed by atoms with van der Waals surface area (Å²) in [7, 11) is 0. The van der Waals surface area contributed by atoms with Crippen LogP contribution in [0, 0.1) is 0 Å². The highest BCUT2D eigenvalue weighted by atomic mass is 16.4. The van der Waals surface area contributed by atoms with Crippen molar-refractivity contribution >= 4 is 11.9 Å². The van der Waals surface area contributed by atoms with Crippen LogP contribution in [0.3, 0.4) is 0 Å². The second kappa shape index (κ2) is 6.21. The van der Waals surface area contributed by atoms with E-state index in [0.29, 0.717) is 5.56 Å². The lowest BCUT2D eigenvalue weighted by Crippen LogP contribution is -2.05. The minimum absolute atomic E-state index is 0.00747. The number of aryl methyl sites for hydroxylation is 1. The van der Waals surface area contributed by atoms with Crippen LogP contribution in [0.2, 0.25) is 0 Å². The number of hydrogen-bond acceptors (Lipinski definition) is 3. The van der Waals surface area contributed by atoms with Gasteiger partial charge < -0.3 is 10.2 Å². The number of aromatic nitrogens is 2. The summed E-state index contributed by atoms with van der Waals surface area (Å²) in [6.45, 7) is 2.01. The molecule has 0 atom stereocenters. The van der Waals surface area contributed by atoms with Gasteiger partial charge in [-0.3, -0.25) is 4.79 Å². The average Bonchev–Trinajstić information content (AvgIpc) is 2.84. The Morgan fingerprint density at radius 3 is 2.38 bits per heavy atom. The molecule has 0 aliphatic carbocycles. The number of aromatic carboxylic acids is 1. The van der Waals surface area contributed by atoms with Gasteiger partial charge in [0.05, 0.1) is 12.1 Å². The van der Waals surface area contributed by atoms with Crippen molar-refractivity contribution in [3.8, 4) is 5.69 Å². The molecule has 1 aromatic heterocycles. The minimum Gasteiger partial charge on any atom is -0.481 e. The maximum absolute atomic E-state index is 11.0. The summed E-state index contributed by atoms with van der Waals surface area (Å²) >= 11 is 0. The minimum atomic E-state index is -1.06. The molecule has 0 saturated carbocycles. The Bertz CT molecular complexity index is 659. The first kappa shape index (κ1) is 14.8. The number of carboxylic acids is 2. The molecule has 0 aliphatic heterocycles. The molecule has 0 fully saturated rings. The Labute approximate surface area is 121 Å². The molecule has 2 rings (SSSR count). The second-order valence-electron chi connectivity index (χ2n) is 4.72. The zero-order valence-corrected chi connectivity index (χ0v) is 11.6. The van der Waals surface area contributed by atoms with Crippen LogP contribution in [-0.2, 0) is 17.6 Å². The fourth-order valence-corrected chi connectivity index (χ4v) is 2.11. The van der Waals surface area contributed by atoms with E-state index in [1.165, 1.54) is 0 Å². The lowest BCUT2D eigenvalue weighted by Gasteiger charge is -2.07. The predicted octanol–water partition coefficient (Wildman–Crippen LogP) is 2.15. The predicted molar refractivity (Wildman–Crippen MR) is 75.9 cm³/mol. The molecule has 0 amide bonds. The highest BCUT2D eigenvalue weighted by molar-refractivity contribution is 5.85. The van der Waals surface area contributed by atoms with Gasteiger partial charge in [-0.2, -0.15) is 5.10 Å². The number of aliphatic carboxylic acids is 1. The molecular formula is C15H16N2O4. The Morgan fingerprint density at radius 1 is 1.19 bits per heavy atom. The molecule has 110 valence electrons. The Kier molecular flexibility index (Phi) is 4.37. The molecule has 1 heterocycles. The van der Waals surface area contributed by atoms with Gasteiger partial charge in [-0.05, 0) is 30.2 Å². The van der Waals surface area contributed by atoms with Gasteiger partial charge in [-0.25, -0.2) is 9.48 Å². The van der Waals surface area contributed by atoms with Crippen molar-refractivity contribution in [2.75, 3.05) is 0 Å². The third-order valence-corrected chi connectivity index (χ3v) is 3.04. The zero-order valence-electron chi connectivity index (χ0n) is 11.6. The maximum Gasteiger partial charge on any atom is 0.356 e. The van der Waals surface area contributed by atoms with Gasteiger partial charge in [-0.15, -0.1) is 0 Å². The summed E-state index contributed by atoms with van der Waals surface area (Å²) in [5, 5.41) is 21.9. The van der Waals surface area contributed by atoms with Crippen molar-refractivity contribution in [1.29, 1.82) is 0 Å². The fraction of sp³-hybridized carbons (Fsp3) is 0.267. The molecule has 0 bridgehead atoms. The summed E-state index contributed by atoms with van der Waals surface area (Å²) in [6, 6.07) is 8.48. The summed E-state index contributed by atoms with van der Waals surface area (Å²) in [5.41, 5.74) is 2.24. The smallest absolute Gasteiger partial charge is 0.356 e. The van der Waals surface area contributed by atoms with Gasteiger partial charge in [0.15, 0.2) is 5.69 Å². The maximum atomic E-state index is 11.0. The van der Waals surface area contributed by atoms with Gasteiger partial charge in [0, 0.05) is 5.69 Å². The molecule has 6 nitrogen and oxygen atoms in total. The van der Waals surface area contributed by atoms with Crippen molar-refractivity contribution in [1.82, 2.24) is 9.78 Å². The number of carbonyl (C=O) groups is 2. The molecule has 0 radical (unpaired) electrons.